The molecule has 0 radical (unpaired) electrons. The van der Waals surface area contributed by atoms with Gasteiger partial charge < -0.3 is 9.22 Å². The number of nitrogens with zero attached hydrogens (tertiary/aromatic N) is 3. The standard InChI is InChI=1S/C32H36ClF3N3OS/c1-32(2,22-9-14-26(33)29(18-22)40-6)30-19-37-31(38(30)24-12-10-23(34)11-13-24)41-20-25-27(35)16-21(17-28(25)36)8-7-15-39(3,4)5/h9-14,16-19H,7-8,15,20H2,1-6H3/q+1. The summed E-state index contributed by atoms with van der Waals surface area (Å²) in [5.74, 6) is -0.898. The van der Waals surface area contributed by atoms with Crippen LogP contribution in [-0.4, -0.2) is 48.8 Å². The van der Waals surface area contributed by atoms with Crippen LogP contribution < -0.4 is 4.74 Å². The molecule has 0 aliphatic rings. The van der Waals surface area contributed by atoms with Gasteiger partial charge in [0.25, 0.3) is 0 Å². The minimum atomic E-state index is -0.581. The van der Waals surface area contributed by atoms with E-state index >= 15 is 8.78 Å². The molecule has 9 heteroatoms. The highest BCUT2D eigenvalue weighted by Crippen LogP contribution is 2.39. The van der Waals surface area contributed by atoms with E-state index in [4.69, 9.17) is 16.3 Å². The fourth-order valence-corrected chi connectivity index (χ4v) is 5.95. The lowest BCUT2D eigenvalue weighted by molar-refractivity contribution is -0.870. The van der Waals surface area contributed by atoms with E-state index in [1.807, 2.05) is 30.5 Å². The topological polar surface area (TPSA) is 27.1 Å². The van der Waals surface area contributed by atoms with Gasteiger partial charge in [-0.05, 0) is 66.1 Å². The van der Waals surface area contributed by atoms with E-state index in [9.17, 15) is 4.39 Å². The minimum absolute atomic E-state index is 0.00209. The van der Waals surface area contributed by atoms with Crippen LogP contribution in [0.2, 0.25) is 5.02 Å². The second-order valence-electron chi connectivity index (χ2n) is 11.7. The molecule has 3 aromatic carbocycles. The summed E-state index contributed by atoms with van der Waals surface area (Å²) < 4.78 is 52.2. The van der Waals surface area contributed by atoms with Gasteiger partial charge in [-0.2, -0.15) is 0 Å². The first-order chi connectivity index (χ1) is 19.3. The third-order valence-electron chi connectivity index (χ3n) is 7.17. The van der Waals surface area contributed by atoms with E-state index in [1.165, 1.54) is 36.0 Å². The van der Waals surface area contributed by atoms with Crippen LogP contribution in [0.3, 0.4) is 0 Å². The van der Waals surface area contributed by atoms with Crippen molar-refractivity contribution in [3.05, 3.63) is 106 Å². The van der Waals surface area contributed by atoms with E-state index < -0.39 is 17.0 Å². The zero-order valence-electron chi connectivity index (χ0n) is 24.3. The van der Waals surface area contributed by atoms with Gasteiger partial charge in [-0.1, -0.05) is 43.3 Å². The molecule has 0 atom stereocenters. The Morgan fingerprint density at radius 3 is 2.24 bits per heavy atom. The summed E-state index contributed by atoms with van der Waals surface area (Å²) in [7, 11) is 7.84. The van der Waals surface area contributed by atoms with Crippen LogP contribution >= 0.6 is 23.4 Å². The molecule has 0 unspecified atom stereocenters. The number of rotatable bonds is 11. The predicted molar refractivity (Wildman–Crippen MR) is 161 cm³/mol. The van der Waals surface area contributed by atoms with Gasteiger partial charge in [0.15, 0.2) is 5.16 Å². The molecule has 1 heterocycles. The van der Waals surface area contributed by atoms with Crippen LogP contribution in [0.25, 0.3) is 5.69 Å². The number of hydrogen-bond donors (Lipinski definition) is 0. The van der Waals surface area contributed by atoms with Gasteiger partial charge in [-0.25, -0.2) is 18.2 Å². The van der Waals surface area contributed by atoms with Crippen molar-refractivity contribution in [3.63, 3.8) is 0 Å². The Bertz CT molecular complexity index is 1490. The summed E-state index contributed by atoms with van der Waals surface area (Å²) in [6.07, 6.45) is 3.19. The number of quaternary nitrogens is 1. The molecule has 218 valence electrons. The quantitative estimate of drug-likeness (QED) is 0.128. The molecule has 0 fully saturated rings. The van der Waals surface area contributed by atoms with Crippen LogP contribution in [0.1, 0.15) is 42.7 Å². The van der Waals surface area contributed by atoms with E-state index in [2.05, 4.69) is 26.1 Å². The molecule has 0 bridgehead atoms. The van der Waals surface area contributed by atoms with Crippen molar-refractivity contribution >= 4 is 23.4 Å². The van der Waals surface area contributed by atoms with E-state index in [-0.39, 0.29) is 17.1 Å². The van der Waals surface area contributed by atoms with Gasteiger partial charge in [-0.15, -0.1) is 0 Å². The van der Waals surface area contributed by atoms with Crippen molar-refractivity contribution in [1.29, 1.82) is 0 Å². The molecule has 0 aliphatic carbocycles. The van der Waals surface area contributed by atoms with E-state index in [1.54, 1.807) is 31.5 Å². The molecule has 0 spiro atoms. The lowest BCUT2D eigenvalue weighted by Gasteiger charge is -2.28. The molecule has 4 nitrogen and oxygen atoms in total. The maximum Gasteiger partial charge on any atom is 0.173 e. The zero-order valence-corrected chi connectivity index (χ0v) is 25.8. The molecule has 1 aromatic heterocycles. The Kier molecular flexibility index (Phi) is 9.46. The van der Waals surface area contributed by atoms with Crippen molar-refractivity contribution in [2.45, 2.75) is 43.0 Å². The second-order valence-corrected chi connectivity index (χ2v) is 13.0. The Morgan fingerprint density at radius 2 is 1.63 bits per heavy atom. The molecule has 41 heavy (non-hydrogen) atoms. The smallest absolute Gasteiger partial charge is 0.173 e. The highest BCUT2D eigenvalue weighted by Gasteiger charge is 2.30. The SMILES string of the molecule is COc1cc(C(C)(C)c2cnc(SCc3c(F)cc(CCC[N+](C)(C)C)cc3F)n2-c2ccc(F)cc2)ccc1Cl. The number of methoxy groups -OCH3 is 1. The summed E-state index contributed by atoms with van der Waals surface area (Å²) in [4.78, 5) is 4.65. The number of aromatic nitrogens is 2. The van der Waals surface area contributed by atoms with E-state index in [0.29, 0.717) is 33.6 Å². The van der Waals surface area contributed by atoms with Crippen molar-refractivity contribution in [2.24, 2.45) is 0 Å². The molecular formula is C32H36ClF3N3OS+. The van der Waals surface area contributed by atoms with Crippen LogP contribution in [0.15, 0.2) is 66.0 Å². The van der Waals surface area contributed by atoms with Crippen molar-refractivity contribution in [2.75, 3.05) is 34.8 Å². The normalized spacial score (nSPS) is 12.1. The first-order valence-electron chi connectivity index (χ1n) is 13.4. The first-order valence-corrected chi connectivity index (χ1v) is 14.7. The molecule has 0 aliphatic heterocycles. The monoisotopic (exact) mass is 602 g/mol. The maximum absolute atomic E-state index is 15.1. The number of hydrogen-bond acceptors (Lipinski definition) is 3. The minimum Gasteiger partial charge on any atom is -0.495 e. The number of imidazole rings is 1. The molecule has 0 amide bonds. The van der Waals surface area contributed by atoms with Gasteiger partial charge >= 0.3 is 0 Å². The number of aryl methyl sites for hydroxylation is 1. The fourth-order valence-electron chi connectivity index (χ4n) is 4.75. The van der Waals surface area contributed by atoms with Crippen LogP contribution in [0.4, 0.5) is 13.2 Å². The lowest BCUT2D eigenvalue weighted by atomic mass is 9.81. The van der Waals surface area contributed by atoms with Crippen LogP contribution in [0.5, 0.6) is 5.75 Å². The maximum atomic E-state index is 15.1. The molecule has 4 rings (SSSR count). The third kappa shape index (κ3) is 7.29. The van der Waals surface area contributed by atoms with Crippen molar-refractivity contribution in [1.82, 2.24) is 9.55 Å². The van der Waals surface area contributed by atoms with Crippen LogP contribution in [0, 0.1) is 17.5 Å². The Balaban J connectivity index is 1.66. The van der Waals surface area contributed by atoms with Gasteiger partial charge in [0.2, 0.25) is 0 Å². The second kappa shape index (κ2) is 12.5. The number of ether oxygens (including phenoxy) is 1. The fraction of sp³-hybridized carbons (Fsp3) is 0.344. The zero-order chi connectivity index (χ0) is 29.9. The molecule has 0 saturated heterocycles. The van der Waals surface area contributed by atoms with Gasteiger partial charge in [0.05, 0.1) is 51.7 Å². The average Bonchev–Trinajstić information content (AvgIpc) is 3.33. The summed E-state index contributed by atoms with van der Waals surface area (Å²) in [6, 6.07) is 14.5. The average molecular weight is 603 g/mol. The number of thioether (sulfide) groups is 1. The summed E-state index contributed by atoms with van der Waals surface area (Å²) >= 11 is 7.50. The van der Waals surface area contributed by atoms with Gasteiger partial charge in [0, 0.05) is 28.8 Å². The van der Waals surface area contributed by atoms with Crippen LogP contribution in [-0.2, 0) is 17.6 Å². The summed E-state index contributed by atoms with van der Waals surface area (Å²) in [5, 5.41) is 1.03. The molecule has 4 aromatic rings. The lowest BCUT2D eigenvalue weighted by Crippen LogP contribution is -2.35. The molecular weight excluding hydrogens is 567 g/mol. The predicted octanol–water partition coefficient (Wildman–Crippen LogP) is 8.21. The van der Waals surface area contributed by atoms with E-state index in [0.717, 1.165) is 28.7 Å². The number of halogens is 4. The third-order valence-corrected chi connectivity index (χ3v) is 8.46. The number of benzene rings is 3. The Morgan fingerprint density at radius 1 is 0.976 bits per heavy atom. The van der Waals surface area contributed by atoms with Crippen molar-refractivity contribution < 1.29 is 22.4 Å². The molecule has 0 N–H and O–H groups in total. The summed E-state index contributed by atoms with van der Waals surface area (Å²) in [6.45, 7) is 4.99. The largest absolute Gasteiger partial charge is 0.495 e. The molecule has 0 saturated carbocycles. The van der Waals surface area contributed by atoms with Gasteiger partial charge in [0.1, 0.15) is 23.2 Å². The van der Waals surface area contributed by atoms with Crippen molar-refractivity contribution in [3.8, 4) is 11.4 Å². The Hall–Kier alpha value is -2.94. The first kappa shape index (κ1) is 31.0. The van der Waals surface area contributed by atoms with Gasteiger partial charge in [-0.3, -0.25) is 4.57 Å². The highest BCUT2D eigenvalue weighted by molar-refractivity contribution is 7.98. The highest BCUT2D eigenvalue weighted by atomic mass is 35.5. The Labute approximate surface area is 249 Å². The summed E-state index contributed by atoms with van der Waals surface area (Å²) in [5.41, 5.74) is 2.49.